The van der Waals surface area contributed by atoms with E-state index in [1.807, 2.05) is 13.0 Å². The number of benzene rings is 2. The van der Waals surface area contributed by atoms with Crippen molar-refractivity contribution in [3.05, 3.63) is 54.1 Å². The Hall–Kier alpha value is -2.54. The first kappa shape index (κ1) is 18.8. The fourth-order valence-electron chi connectivity index (χ4n) is 2.42. The van der Waals surface area contributed by atoms with Crippen LogP contribution in [-0.2, 0) is 10.0 Å². The topological polar surface area (TPSA) is 75.7 Å². The van der Waals surface area contributed by atoms with Crippen LogP contribution in [0.1, 0.15) is 24.2 Å². The van der Waals surface area contributed by atoms with Gasteiger partial charge in [0.1, 0.15) is 5.75 Å². The Bertz CT molecular complexity index is 832. The maximum atomic E-state index is 12.3. The van der Waals surface area contributed by atoms with E-state index in [9.17, 15) is 13.2 Å². The van der Waals surface area contributed by atoms with Gasteiger partial charge in [-0.15, -0.1) is 0 Å². The normalized spacial score (nSPS) is 11.0. The van der Waals surface area contributed by atoms with Crippen LogP contribution in [0.5, 0.6) is 5.75 Å². The van der Waals surface area contributed by atoms with Gasteiger partial charge in [0, 0.05) is 23.9 Å². The minimum atomic E-state index is -3.34. The Kier molecular flexibility index (Phi) is 6.03. The van der Waals surface area contributed by atoms with Crippen LogP contribution in [-0.4, -0.2) is 33.7 Å². The minimum absolute atomic E-state index is 0.275. The van der Waals surface area contributed by atoms with Crippen LogP contribution in [0, 0.1) is 0 Å². The van der Waals surface area contributed by atoms with E-state index in [4.69, 9.17) is 4.74 Å². The second kappa shape index (κ2) is 8.02. The average Bonchev–Trinajstić information content (AvgIpc) is 2.55. The van der Waals surface area contributed by atoms with Crippen molar-refractivity contribution in [2.24, 2.45) is 0 Å². The highest BCUT2D eigenvalue weighted by molar-refractivity contribution is 7.92. The lowest BCUT2D eigenvalue weighted by molar-refractivity contribution is 0.102. The fraction of sp³-hybridized carbons (Fsp3) is 0.278. The molecule has 0 aromatic heterocycles. The molecule has 134 valence electrons. The third-order valence-electron chi connectivity index (χ3n) is 3.51. The van der Waals surface area contributed by atoms with Gasteiger partial charge in [0.05, 0.1) is 18.6 Å². The second-order valence-electron chi connectivity index (χ2n) is 5.39. The van der Waals surface area contributed by atoms with Crippen LogP contribution in [0.2, 0.25) is 0 Å². The van der Waals surface area contributed by atoms with E-state index in [1.165, 1.54) is 4.31 Å². The van der Waals surface area contributed by atoms with E-state index in [-0.39, 0.29) is 5.91 Å². The summed E-state index contributed by atoms with van der Waals surface area (Å²) in [5.74, 6) is 0.407. The zero-order valence-corrected chi connectivity index (χ0v) is 15.3. The van der Waals surface area contributed by atoms with Gasteiger partial charge in [-0.25, -0.2) is 8.42 Å². The van der Waals surface area contributed by atoms with Crippen molar-refractivity contribution in [3.63, 3.8) is 0 Å². The van der Waals surface area contributed by atoms with Crippen LogP contribution >= 0.6 is 0 Å². The van der Waals surface area contributed by atoms with E-state index in [1.54, 1.807) is 49.4 Å². The molecule has 7 heteroatoms. The Morgan fingerprint density at radius 2 is 1.80 bits per heavy atom. The lowest BCUT2D eigenvalue weighted by atomic mass is 10.2. The molecule has 2 aromatic carbocycles. The van der Waals surface area contributed by atoms with E-state index in [0.29, 0.717) is 35.8 Å². The molecule has 0 aliphatic rings. The van der Waals surface area contributed by atoms with Crippen LogP contribution in [0.4, 0.5) is 11.4 Å². The van der Waals surface area contributed by atoms with Crippen molar-refractivity contribution in [3.8, 4) is 5.75 Å². The van der Waals surface area contributed by atoms with Gasteiger partial charge in [-0.3, -0.25) is 9.10 Å². The smallest absolute Gasteiger partial charge is 0.255 e. The predicted octanol–water partition coefficient (Wildman–Crippen LogP) is 3.12. The van der Waals surface area contributed by atoms with Gasteiger partial charge in [-0.05, 0) is 50.2 Å². The number of carbonyl (C=O) groups is 1. The van der Waals surface area contributed by atoms with Gasteiger partial charge < -0.3 is 10.1 Å². The summed E-state index contributed by atoms with van der Waals surface area (Å²) >= 11 is 0. The molecule has 0 unspecified atom stereocenters. The first-order valence-electron chi connectivity index (χ1n) is 7.97. The predicted molar refractivity (Wildman–Crippen MR) is 99.9 cm³/mol. The number of hydrogen-bond donors (Lipinski definition) is 1. The molecule has 0 aliphatic heterocycles. The van der Waals surface area contributed by atoms with Crippen molar-refractivity contribution in [2.75, 3.05) is 29.0 Å². The highest BCUT2D eigenvalue weighted by Gasteiger charge is 2.15. The number of nitrogens with zero attached hydrogens (tertiary/aromatic N) is 1. The first-order valence-corrected chi connectivity index (χ1v) is 9.82. The van der Waals surface area contributed by atoms with Gasteiger partial charge in [0.25, 0.3) is 5.91 Å². The molecule has 25 heavy (non-hydrogen) atoms. The van der Waals surface area contributed by atoms with Gasteiger partial charge in [0.15, 0.2) is 0 Å². The zero-order valence-electron chi connectivity index (χ0n) is 14.5. The first-order chi connectivity index (χ1) is 11.8. The number of carbonyl (C=O) groups excluding carboxylic acids is 1. The maximum Gasteiger partial charge on any atom is 0.255 e. The molecule has 0 spiro atoms. The Balaban J connectivity index is 2.14. The third-order valence-corrected chi connectivity index (χ3v) is 4.78. The minimum Gasteiger partial charge on any atom is -0.494 e. The molecule has 0 fully saturated rings. The van der Waals surface area contributed by atoms with E-state index >= 15 is 0 Å². The Morgan fingerprint density at radius 3 is 2.36 bits per heavy atom. The van der Waals surface area contributed by atoms with Crippen molar-refractivity contribution in [2.45, 2.75) is 13.8 Å². The van der Waals surface area contributed by atoms with Crippen LogP contribution in [0.15, 0.2) is 48.5 Å². The standard InChI is InChI=1S/C18H22N2O4S/c1-4-20(25(3,22)23)16-11-9-14(10-12-16)18(21)19-15-7-6-8-17(13-15)24-5-2/h6-13H,4-5H2,1-3H3,(H,19,21). The number of anilines is 2. The second-order valence-corrected chi connectivity index (χ2v) is 7.30. The SMILES string of the molecule is CCOc1cccc(NC(=O)c2ccc(N(CC)S(C)(=O)=O)cc2)c1. The zero-order chi connectivity index (χ0) is 18.4. The summed E-state index contributed by atoms with van der Waals surface area (Å²) in [5.41, 5.74) is 1.60. The molecular weight excluding hydrogens is 340 g/mol. The van der Waals surface area contributed by atoms with Crippen molar-refractivity contribution in [1.29, 1.82) is 0 Å². The largest absolute Gasteiger partial charge is 0.494 e. The highest BCUT2D eigenvalue weighted by atomic mass is 32.2. The van der Waals surface area contributed by atoms with Crippen LogP contribution in [0.25, 0.3) is 0 Å². The van der Waals surface area contributed by atoms with Gasteiger partial charge >= 0.3 is 0 Å². The summed E-state index contributed by atoms with van der Waals surface area (Å²) in [6.07, 6.45) is 1.16. The number of nitrogens with one attached hydrogen (secondary N) is 1. The van der Waals surface area contributed by atoms with Crippen LogP contribution < -0.4 is 14.4 Å². The quantitative estimate of drug-likeness (QED) is 0.821. The molecular formula is C18H22N2O4S. The van der Waals surface area contributed by atoms with E-state index < -0.39 is 10.0 Å². The highest BCUT2D eigenvalue weighted by Crippen LogP contribution is 2.20. The molecule has 6 nitrogen and oxygen atoms in total. The van der Waals surface area contributed by atoms with Crippen molar-refractivity contribution in [1.82, 2.24) is 0 Å². The summed E-state index contributed by atoms with van der Waals surface area (Å²) in [4.78, 5) is 12.3. The third kappa shape index (κ3) is 4.96. The Labute approximate surface area is 148 Å². The molecule has 1 N–H and O–H groups in total. The molecule has 0 heterocycles. The average molecular weight is 362 g/mol. The molecule has 1 amide bonds. The van der Waals surface area contributed by atoms with Crippen molar-refractivity contribution >= 4 is 27.3 Å². The molecule has 0 radical (unpaired) electrons. The fourth-order valence-corrected chi connectivity index (χ4v) is 3.39. The molecule has 2 rings (SSSR count). The van der Waals surface area contributed by atoms with Gasteiger partial charge in [-0.2, -0.15) is 0 Å². The van der Waals surface area contributed by atoms with E-state index in [2.05, 4.69) is 5.32 Å². The lowest BCUT2D eigenvalue weighted by Gasteiger charge is -2.20. The Morgan fingerprint density at radius 1 is 1.12 bits per heavy atom. The van der Waals surface area contributed by atoms with Gasteiger partial charge in [0.2, 0.25) is 10.0 Å². The maximum absolute atomic E-state index is 12.3. The summed E-state index contributed by atoms with van der Waals surface area (Å²) in [7, 11) is -3.34. The van der Waals surface area contributed by atoms with Crippen molar-refractivity contribution < 1.29 is 17.9 Å². The molecule has 0 bridgehead atoms. The summed E-state index contributed by atoms with van der Waals surface area (Å²) in [6.45, 7) is 4.53. The molecule has 0 aliphatic carbocycles. The van der Waals surface area contributed by atoms with Crippen LogP contribution in [0.3, 0.4) is 0 Å². The monoisotopic (exact) mass is 362 g/mol. The number of rotatable bonds is 7. The lowest BCUT2D eigenvalue weighted by Crippen LogP contribution is -2.29. The molecule has 0 saturated carbocycles. The van der Waals surface area contributed by atoms with E-state index in [0.717, 1.165) is 6.26 Å². The number of sulfonamides is 1. The summed E-state index contributed by atoms with van der Waals surface area (Å²) < 4.78 is 30.2. The van der Waals surface area contributed by atoms with Gasteiger partial charge in [-0.1, -0.05) is 6.07 Å². The molecule has 2 aromatic rings. The number of hydrogen-bond acceptors (Lipinski definition) is 4. The number of amides is 1. The molecule has 0 atom stereocenters. The molecule has 0 saturated heterocycles. The summed E-state index contributed by atoms with van der Waals surface area (Å²) in [6, 6.07) is 13.6. The summed E-state index contributed by atoms with van der Waals surface area (Å²) in [5, 5.41) is 2.80. The number of ether oxygens (including phenoxy) is 1.